The molecule has 0 aromatic heterocycles. The van der Waals surface area contributed by atoms with Crippen molar-refractivity contribution >= 4 is 0 Å². The number of rotatable bonds is 0. The monoisotopic (exact) mass is 249 g/mol. The van der Waals surface area contributed by atoms with Crippen LogP contribution in [-0.2, 0) is 39.0 Å². The van der Waals surface area contributed by atoms with Crippen molar-refractivity contribution in [3.8, 4) is 0 Å². The van der Waals surface area contributed by atoms with Crippen molar-refractivity contribution in [3.05, 3.63) is 0 Å². The average Bonchev–Trinajstić information content (AvgIpc) is 0.918. The fraction of sp³-hybridized carbons (Fsp3) is 1.00. The normalized spacial score (nSPS) is 3.60. The van der Waals surface area contributed by atoms with Gasteiger partial charge in [-0.25, -0.2) is 0 Å². The number of hydrogen-bond acceptors (Lipinski definition) is 1. The fourth-order valence-corrected chi connectivity index (χ4v) is 0. The minimum atomic E-state index is 0. The van der Waals surface area contributed by atoms with E-state index in [9.17, 15) is 0 Å². The first-order valence-electron chi connectivity index (χ1n) is 1.00. The van der Waals surface area contributed by atoms with Gasteiger partial charge in [-0.3, -0.25) is 0 Å². The average molecular weight is 247 g/mol. The SMILES string of the molecule is CNC.[Ru].[Ru]. The summed E-state index contributed by atoms with van der Waals surface area (Å²) in [5.74, 6) is 0. The molecule has 5 heavy (non-hydrogen) atoms. The number of hydrogen-bond donors (Lipinski definition) is 1. The van der Waals surface area contributed by atoms with Crippen LogP contribution in [0, 0.1) is 0 Å². The molecule has 0 unspecified atom stereocenters. The van der Waals surface area contributed by atoms with E-state index in [4.69, 9.17) is 0 Å². The first kappa shape index (κ1) is 16.4. The maximum atomic E-state index is 2.75. The topological polar surface area (TPSA) is 12.0 Å². The quantitative estimate of drug-likeness (QED) is 0.586. The van der Waals surface area contributed by atoms with E-state index in [2.05, 4.69) is 5.32 Å². The Morgan fingerprint density at radius 2 is 1.00 bits per heavy atom. The minimum absolute atomic E-state index is 0. The Morgan fingerprint density at radius 3 is 1.00 bits per heavy atom. The molecule has 0 rings (SSSR count). The van der Waals surface area contributed by atoms with Crippen LogP contribution in [0.4, 0.5) is 0 Å². The van der Waals surface area contributed by atoms with Crippen molar-refractivity contribution in [2.75, 3.05) is 14.1 Å². The van der Waals surface area contributed by atoms with Gasteiger partial charge in [0.2, 0.25) is 0 Å². The predicted molar refractivity (Wildman–Crippen MR) is 15.0 cm³/mol. The fourth-order valence-electron chi connectivity index (χ4n) is 0. The second-order valence-corrected chi connectivity index (χ2v) is 0.500. The summed E-state index contributed by atoms with van der Waals surface area (Å²) in [5, 5.41) is 2.75. The third-order valence-electron chi connectivity index (χ3n) is 0. The standard InChI is InChI=1S/C2H7N.2Ru/c1-3-2;;/h3H,1-2H3;;. The molecule has 0 saturated carbocycles. The van der Waals surface area contributed by atoms with Gasteiger partial charge >= 0.3 is 0 Å². The van der Waals surface area contributed by atoms with Crippen molar-refractivity contribution < 1.29 is 39.0 Å². The first-order valence-corrected chi connectivity index (χ1v) is 1.00. The van der Waals surface area contributed by atoms with E-state index in [0.717, 1.165) is 0 Å². The van der Waals surface area contributed by atoms with Gasteiger partial charge in [-0.15, -0.1) is 0 Å². The molecule has 1 nitrogen and oxygen atoms in total. The molecule has 0 fully saturated rings. The zero-order valence-electron chi connectivity index (χ0n) is 3.21. The van der Waals surface area contributed by atoms with E-state index in [-0.39, 0.29) is 39.0 Å². The molecule has 0 heterocycles. The molecular weight excluding hydrogens is 240 g/mol. The van der Waals surface area contributed by atoms with Crippen LogP contribution in [-0.4, -0.2) is 14.1 Å². The van der Waals surface area contributed by atoms with Crippen molar-refractivity contribution in [2.24, 2.45) is 0 Å². The summed E-state index contributed by atoms with van der Waals surface area (Å²) in [7, 11) is 3.75. The Labute approximate surface area is 58.4 Å². The zero-order chi connectivity index (χ0) is 2.71. The molecule has 0 aromatic carbocycles. The smallest absolute Gasteiger partial charge is 0 e. The van der Waals surface area contributed by atoms with Gasteiger partial charge in [-0.05, 0) is 14.1 Å². The van der Waals surface area contributed by atoms with Crippen LogP contribution in [0.15, 0.2) is 0 Å². The van der Waals surface area contributed by atoms with Gasteiger partial charge in [0.05, 0.1) is 0 Å². The van der Waals surface area contributed by atoms with E-state index in [1.54, 1.807) is 0 Å². The molecular formula is C2H7NRu2. The largest absolute Gasteiger partial charge is 0.323 e. The third kappa shape index (κ3) is 36.8. The summed E-state index contributed by atoms with van der Waals surface area (Å²) in [4.78, 5) is 0. The van der Waals surface area contributed by atoms with E-state index in [1.165, 1.54) is 0 Å². The van der Waals surface area contributed by atoms with Gasteiger partial charge in [0.15, 0.2) is 0 Å². The Balaban J connectivity index is -0.0000000200. The molecule has 0 aromatic rings. The molecule has 3 heteroatoms. The molecule has 0 aliphatic carbocycles. The summed E-state index contributed by atoms with van der Waals surface area (Å²) >= 11 is 0. The van der Waals surface area contributed by atoms with Crippen LogP contribution in [0.3, 0.4) is 0 Å². The van der Waals surface area contributed by atoms with Crippen LogP contribution in [0.5, 0.6) is 0 Å². The van der Waals surface area contributed by atoms with Gasteiger partial charge < -0.3 is 5.32 Å². The maximum Gasteiger partial charge on any atom is 0 e. The molecule has 0 spiro atoms. The molecule has 0 bridgehead atoms. The molecule has 1 N–H and O–H groups in total. The molecule has 36 valence electrons. The zero-order valence-corrected chi connectivity index (χ0v) is 6.68. The van der Waals surface area contributed by atoms with Gasteiger partial charge in [-0.1, -0.05) is 0 Å². The van der Waals surface area contributed by atoms with Crippen LogP contribution in [0.25, 0.3) is 0 Å². The van der Waals surface area contributed by atoms with E-state index < -0.39 is 0 Å². The Kier molecular flexibility index (Phi) is 61.9. The number of nitrogens with one attached hydrogen (secondary N) is 1. The van der Waals surface area contributed by atoms with Crippen molar-refractivity contribution in [1.29, 1.82) is 0 Å². The maximum absolute atomic E-state index is 2.75. The predicted octanol–water partition coefficient (Wildman–Crippen LogP) is -0.169. The summed E-state index contributed by atoms with van der Waals surface area (Å²) in [5.41, 5.74) is 0. The Bertz CT molecular complexity index is 7.61. The molecule has 0 amide bonds. The second kappa shape index (κ2) is 18.9. The Morgan fingerprint density at radius 1 is 1.00 bits per heavy atom. The van der Waals surface area contributed by atoms with Gasteiger partial charge in [-0.2, -0.15) is 0 Å². The first-order chi connectivity index (χ1) is 1.41. The van der Waals surface area contributed by atoms with Gasteiger partial charge in [0.1, 0.15) is 0 Å². The summed E-state index contributed by atoms with van der Waals surface area (Å²) < 4.78 is 0. The van der Waals surface area contributed by atoms with Crippen molar-refractivity contribution in [1.82, 2.24) is 5.32 Å². The van der Waals surface area contributed by atoms with Crippen LogP contribution in [0.1, 0.15) is 0 Å². The molecule has 0 aliphatic rings. The van der Waals surface area contributed by atoms with Crippen molar-refractivity contribution in [3.63, 3.8) is 0 Å². The van der Waals surface area contributed by atoms with Crippen LogP contribution in [0.2, 0.25) is 0 Å². The molecule has 0 atom stereocenters. The Hall–Kier alpha value is 1.21. The molecule has 0 aliphatic heterocycles. The second-order valence-electron chi connectivity index (χ2n) is 0.500. The van der Waals surface area contributed by atoms with E-state index in [1.807, 2.05) is 14.1 Å². The summed E-state index contributed by atoms with van der Waals surface area (Å²) in [6, 6.07) is 0. The molecule has 0 radical (unpaired) electrons. The van der Waals surface area contributed by atoms with E-state index in [0.29, 0.717) is 0 Å². The molecule has 0 saturated heterocycles. The van der Waals surface area contributed by atoms with Crippen LogP contribution >= 0.6 is 0 Å². The van der Waals surface area contributed by atoms with E-state index >= 15 is 0 Å². The minimum Gasteiger partial charge on any atom is -0.323 e. The van der Waals surface area contributed by atoms with Crippen LogP contribution < -0.4 is 5.32 Å². The van der Waals surface area contributed by atoms with Crippen molar-refractivity contribution in [2.45, 2.75) is 0 Å². The third-order valence-corrected chi connectivity index (χ3v) is 0. The summed E-state index contributed by atoms with van der Waals surface area (Å²) in [6.07, 6.45) is 0. The summed E-state index contributed by atoms with van der Waals surface area (Å²) in [6.45, 7) is 0. The van der Waals surface area contributed by atoms with Gasteiger partial charge in [0, 0.05) is 39.0 Å². The van der Waals surface area contributed by atoms with Gasteiger partial charge in [0.25, 0.3) is 0 Å².